The number of likely N-dealkylation sites (tertiary alicyclic amines) is 1. The Morgan fingerprint density at radius 2 is 1.85 bits per heavy atom. The number of hydrogen-bond donors (Lipinski definition) is 1. The van der Waals surface area contributed by atoms with Crippen molar-refractivity contribution < 1.29 is 14.3 Å². The minimum Gasteiger partial charge on any atom is -0.396 e. The van der Waals surface area contributed by atoms with Crippen LogP contribution in [0.3, 0.4) is 0 Å². The Kier molecular flexibility index (Phi) is 5.78. The number of carbonyl (C=O) groups excluding carboxylic acids is 1. The highest BCUT2D eigenvalue weighted by Gasteiger charge is 2.41. The maximum Gasteiger partial charge on any atom is 0.223 e. The van der Waals surface area contributed by atoms with Crippen LogP contribution in [0, 0.1) is 5.82 Å². The number of rotatable bonds is 5. The second-order valence-electron chi connectivity index (χ2n) is 7.00. The molecule has 2 atom stereocenters. The molecule has 1 fully saturated rings. The highest BCUT2D eigenvalue weighted by atomic mass is 79.9. The lowest BCUT2D eigenvalue weighted by Gasteiger charge is -2.43. The zero-order valence-corrected chi connectivity index (χ0v) is 16.4. The van der Waals surface area contributed by atoms with E-state index < -0.39 is 5.41 Å². The molecule has 0 aliphatic carbocycles. The fraction of sp³-hybridized carbons (Fsp3) is 0.381. The predicted octanol–water partition coefficient (Wildman–Crippen LogP) is 4.59. The van der Waals surface area contributed by atoms with Gasteiger partial charge in [-0.3, -0.25) is 4.79 Å². The Morgan fingerprint density at radius 1 is 1.19 bits per heavy atom. The van der Waals surface area contributed by atoms with Crippen molar-refractivity contribution >= 4 is 21.8 Å². The van der Waals surface area contributed by atoms with Crippen molar-refractivity contribution in [3.05, 3.63) is 69.9 Å². The largest absolute Gasteiger partial charge is 0.396 e. The summed E-state index contributed by atoms with van der Waals surface area (Å²) in [5.41, 5.74) is 1.60. The molecule has 0 aromatic heterocycles. The Balaban J connectivity index is 1.81. The van der Waals surface area contributed by atoms with Crippen LogP contribution < -0.4 is 0 Å². The van der Waals surface area contributed by atoms with E-state index in [1.807, 2.05) is 36.1 Å². The molecule has 1 unspecified atom stereocenters. The molecule has 3 nitrogen and oxygen atoms in total. The molecule has 1 aliphatic rings. The van der Waals surface area contributed by atoms with Crippen LogP contribution in [0.2, 0.25) is 0 Å². The highest BCUT2D eigenvalue weighted by Crippen LogP contribution is 2.41. The quantitative estimate of drug-likeness (QED) is 0.769. The summed E-state index contributed by atoms with van der Waals surface area (Å²) in [4.78, 5) is 14.9. The number of piperidine rings is 1. The van der Waals surface area contributed by atoms with E-state index in [4.69, 9.17) is 0 Å². The fourth-order valence-corrected chi connectivity index (χ4v) is 4.16. The summed E-state index contributed by atoms with van der Waals surface area (Å²) in [6.07, 6.45) is 1.59. The van der Waals surface area contributed by atoms with Crippen molar-refractivity contribution in [2.45, 2.75) is 37.6 Å². The van der Waals surface area contributed by atoms with Crippen LogP contribution in [0.1, 0.15) is 43.4 Å². The molecule has 1 saturated heterocycles. The third kappa shape index (κ3) is 3.84. The highest BCUT2D eigenvalue weighted by molar-refractivity contribution is 9.10. The molecule has 2 aromatic carbocycles. The maximum atomic E-state index is 13.3. The van der Waals surface area contributed by atoms with Crippen LogP contribution in [0.5, 0.6) is 0 Å². The smallest absolute Gasteiger partial charge is 0.223 e. The number of benzene rings is 2. The topological polar surface area (TPSA) is 40.5 Å². The number of nitrogens with zero attached hydrogens (tertiary/aromatic N) is 1. The van der Waals surface area contributed by atoms with Gasteiger partial charge in [-0.2, -0.15) is 0 Å². The first-order valence-corrected chi connectivity index (χ1v) is 9.66. The number of amides is 1. The van der Waals surface area contributed by atoms with Gasteiger partial charge in [0.15, 0.2) is 0 Å². The monoisotopic (exact) mass is 419 g/mol. The summed E-state index contributed by atoms with van der Waals surface area (Å²) in [7, 11) is 0. The Hall–Kier alpha value is -1.72. The van der Waals surface area contributed by atoms with E-state index in [9.17, 15) is 14.3 Å². The van der Waals surface area contributed by atoms with Gasteiger partial charge in [0.25, 0.3) is 0 Å². The van der Waals surface area contributed by atoms with Crippen LogP contribution in [-0.4, -0.2) is 29.1 Å². The minimum atomic E-state index is -0.421. The summed E-state index contributed by atoms with van der Waals surface area (Å²) in [6, 6.07) is 14.3. The molecular formula is C21H23BrFNO2. The van der Waals surface area contributed by atoms with Gasteiger partial charge in [0.05, 0.1) is 6.04 Å². The first kappa shape index (κ1) is 19.1. The minimum absolute atomic E-state index is 0.00376. The molecule has 0 radical (unpaired) electrons. The van der Waals surface area contributed by atoms with Gasteiger partial charge in [-0.15, -0.1) is 0 Å². The fourth-order valence-electron chi connectivity index (χ4n) is 3.89. The number of aliphatic hydroxyl groups is 1. The Labute approximate surface area is 162 Å². The molecule has 2 aromatic rings. The van der Waals surface area contributed by atoms with Gasteiger partial charge < -0.3 is 10.0 Å². The SMILES string of the molecule is C[C@@H](c1ccc(Br)cc1)N1CCC(CCO)(c2ccc(F)cc2)CC1=O. The maximum absolute atomic E-state index is 13.3. The molecule has 138 valence electrons. The van der Waals surface area contributed by atoms with Crippen molar-refractivity contribution in [1.82, 2.24) is 4.90 Å². The number of aliphatic hydroxyl groups excluding tert-OH is 1. The lowest BCUT2D eigenvalue weighted by molar-refractivity contribution is -0.138. The first-order valence-electron chi connectivity index (χ1n) is 8.87. The molecule has 1 amide bonds. The van der Waals surface area contributed by atoms with Gasteiger partial charge in [0.2, 0.25) is 5.91 Å². The first-order chi connectivity index (χ1) is 12.4. The third-order valence-corrected chi connectivity index (χ3v) is 6.04. The van der Waals surface area contributed by atoms with E-state index >= 15 is 0 Å². The van der Waals surface area contributed by atoms with Crippen molar-refractivity contribution in [3.63, 3.8) is 0 Å². The second-order valence-corrected chi connectivity index (χ2v) is 7.92. The predicted molar refractivity (Wildman–Crippen MR) is 103 cm³/mol. The molecule has 5 heteroatoms. The second kappa shape index (κ2) is 7.89. The lowest BCUT2D eigenvalue weighted by Crippen LogP contribution is -2.47. The molecule has 3 rings (SSSR count). The van der Waals surface area contributed by atoms with E-state index in [1.54, 1.807) is 12.1 Å². The molecule has 1 heterocycles. The van der Waals surface area contributed by atoms with Gasteiger partial charge in [-0.25, -0.2) is 4.39 Å². The third-order valence-electron chi connectivity index (χ3n) is 5.51. The molecule has 1 N–H and O–H groups in total. The van der Waals surface area contributed by atoms with Gasteiger partial charge in [0, 0.05) is 29.5 Å². The van der Waals surface area contributed by atoms with Crippen LogP contribution in [-0.2, 0) is 10.2 Å². The summed E-state index contributed by atoms with van der Waals surface area (Å²) in [5, 5.41) is 9.56. The van der Waals surface area contributed by atoms with E-state index in [0.717, 1.165) is 22.0 Å². The van der Waals surface area contributed by atoms with Crippen LogP contribution in [0.15, 0.2) is 53.0 Å². The standard InChI is InChI=1S/C21H23BrFNO2/c1-15(16-2-6-18(22)7-3-16)24-12-10-21(11-13-25,14-20(24)26)17-4-8-19(23)9-5-17/h2-9,15,25H,10-14H2,1H3/t15-,21?/m0/s1. The normalized spacial score (nSPS) is 21.7. The summed E-state index contributed by atoms with van der Waals surface area (Å²) in [5.74, 6) is -0.218. The van der Waals surface area contributed by atoms with Crippen LogP contribution in [0.4, 0.5) is 4.39 Å². The van der Waals surface area contributed by atoms with Crippen molar-refractivity contribution in [2.24, 2.45) is 0 Å². The van der Waals surface area contributed by atoms with E-state index in [2.05, 4.69) is 15.9 Å². The average Bonchev–Trinajstić information content (AvgIpc) is 2.63. The van der Waals surface area contributed by atoms with Crippen LogP contribution >= 0.6 is 15.9 Å². The molecule has 26 heavy (non-hydrogen) atoms. The van der Waals surface area contributed by atoms with E-state index in [-0.39, 0.29) is 24.4 Å². The number of hydrogen-bond acceptors (Lipinski definition) is 2. The van der Waals surface area contributed by atoms with Crippen molar-refractivity contribution in [2.75, 3.05) is 13.2 Å². The molecule has 1 aliphatic heterocycles. The van der Waals surface area contributed by atoms with Crippen molar-refractivity contribution in [1.29, 1.82) is 0 Å². The summed E-state index contributed by atoms with van der Waals surface area (Å²) in [6.45, 7) is 2.67. The molecular weight excluding hydrogens is 397 g/mol. The zero-order valence-electron chi connectivity index (χ0n) is 14.8. The number of halogens is 2. The average molecular weight is 420 g/mol. The lowest BCUT2D eigenvalue weighted by atomic mass is 9.70. The zero-order chi connectivity index (χ0) is 18.7. The Bertz CT molecular complexity index is 763. The summed E-state index contributed by atoms with van der Waals surface area (Å²) >= 11 is 3.43. The van der Waals surface area contributed by atoms with Gasteiger partial charge >= 0.3 is 0 Å². The summed E-state index contributed by atoms with van der Waals surface area (Å²) < 4.78 is 14.3. The molecule has 0 spiro atoms. The molecule has 0 saturated carbocycles. The number of carbonyl (C=O) groups is 1. The van der Waals surface area contributed by atoms with E-state index in [0.29, 0.717) is 19.4 Å². The van der Waals surface area contributed by atoms with Gasteiger partial charge in [-0.1, -0.05) is 40.2 Å². The van der Waals surface area contributed by atoms with E-state index in [1.165, 1.54) is 12.1 Å². The molecule has 0 bridgehead atoms. The van der Waals surface area contributed by atoms with Crippen molar-refractivity contribution in [3.8, 4) is 0 Å². The van der Waals surface area contributed by atoms with Gasteiger partial charge in [0.1, 0.15) is 5.82 Å². The van der Waals surface area contributed by atoms with Crippen LogP contribution in [0.25, 0.3) is 0 Å². The Morgan fingerprint density at radius 3 is 2.42 bits per heavy atom. The van der Waals surface area contributed by atoms with Gasteiger partial charge in [-0.05, 0) is 55.2 Å².